The fourth-order valence-electron chi connectivity index (χ4n) is 2.09. The molecule has 0 fully saturated rings. The number of ketones is 1. The number of rotatable bonds is 2. The second kappa shape index (κ2) is 5.64. The minimum Gasteiger partial charge on any atom is -0.285 e. The van der Waals surface area contributed by atoms with E-state index in [2.05, 4.69) is 51.5 Å². The zero-order valence-corrected chi connectivity index (χ0v) is 14.3. The van der Waals surface area contributed by atoms with E-state index in [4.69, 9.17) is 0 Å². The maximum atomic E-state index is 12.7. The van der Waals surface area contributed by atoms with Crippen LogP contribution in [0.4, 0.5) is 0 Å². The Morgan fingerprint density at radius 3 is 1.41 bits per heavy atom. The third-order valence-corrected chi connectivity index (χ3v) is 3.50. The molecule has 3 nitrogen and oxygen atoms in total. The van der Waals surface area contributed by atoms with E-state index in [0.29, 0.717) is 11.4 Å². The molecule has 0 amide bonds. The van der Waals surface area contributed by atoms with Gasteiger partial charge in [-0.1, -0.05) is 53.7 Å². The predicted octanol–water partition coefficient (Wildman–Crippen LogP) is 4.30. The Balaban J connectivity index is 2.41. The standard InChI is InChI=1S/C19H24N2O/c1-18(2,3)15-11-7-9-13(20-15)17(22)14-10-8-12-16(21-14)19(4,5)6/h7-12H,1-6H3. The second-order valence-electron chi connectivity index (χ2n) is 7.65. The molecule has 0 unspecified atom stereocenters. The quantitative estimate of drug-likeness (QED) is 0.776. The van der Waals surface area contributed by atoms with Gasteiger partial charge < -0.3 is 0 Å². The molecular formula is C19H24N2O. The van der Waals surface area contributed by atoms with Crippen molar-refractivity contribution in [2.75, 3.05) is 0 Å². The molecule has 2 aromatic rings. The molecule has 0 saturated carbocycles. The van der Waals surface area contributed by atoms with Crippen LogP contribution in [0, 0.1) is 0 Å². The Bertz CT molecular complexity index is 632. The third-order valence-electron chi connectivity index (χ3n) is 3.50. The molecule has 0 aliphatic rings. The average molecular weight is 296 g/mol. The number of hydrogen-bond acceptors (Lipinski definition) is 3. The molecule has 0 N–H and O–H groups in total. The highest BCUT2D eigenvalue weighted by atomic mass is 16.1. The van der Waals surface area contributed by atoms with Gasteiger partial charge in [0.1, 0.15) is 11.4 Å². The summed E-state index contributed by atoms with van der Waals surface area (Å²) in [7, 11) is 0. The van der Waals surface area contributed by atoms with Gasteiger partial charge in [-0.15, -0.1) is 0 Å². The summed E-state index contributed by atoms with van der Waals surface area (Å²) >= 11 is 0. The summed E-state index contributed by atoms with van der Waals surface area (Å²) in [6, 6.07) is 11.2. The van der Waals surface area contributed by atoms with E-state index in [1.165, 1.54) is 0 Å². The molecule has 2 heterocycles. The minimum atomic E-state index is -0.128. The van der Waals surface area contributed by atoms with Crippen molar-refractivity contribution in [3.8, 4) is 0 Å². The number of hydrogen-bond donors (Lipinski definition) is 0. The normalized spacial score (nSPS) is 12.3. The maximum Gasteiger partial charge on any atom is 0.229 e. The molecule has 0 aliphatic carbocycles. The average Bonchev–Trinajstić information content (AvgIpc) is 2.45. The summed E-state index contributed by atoms with van der Waals surface area (Å²) < 4.78 is 0. The van der Waals surface area contributed by atoms with Crippen LogP contribution in [-0.4, -0.2) is 15.8 Å². The van der Waals surface area contributed by atoms with Crippen LogP contribution in [0.25, 0.3) is 0 Å². The van der Waals surface area contributed by atoms with Gasteiger partial charge in [0.15, 0.2) is 0 Å². The SMILES string of the molecule is CC(C)(C)c1cccc(C(=O)c2cccc(C(C)(C)C)n2)n1. The molecular weight excluding hydrogens is 272 g/mol. The van der Waals surface area contributed by atoms with Gasteiger partial charge in [0.2, 0.25) is 5.78 Å². The summed E-state index contributed by atoms with van der Waals surface area (Å²) in [4.78, 5) is 21.7. The highest BCUT2D eigenvalue weighted by Crippen LogP contribution is 2.22. The molecule has 0 radical (unpaired) electrons. The molecule has 22 heavy (non-hydrogen) atoms. The molecule has 0 aromatic carbocycles. The van der Waals surface area contributed by atoms with Crippen molar-refractivity contribution in [1.29, 1.82) is 0 Å². The molecule has 0 bridgehead atoms. The molecule has 0 spiro atoms. The van der Waals surface area contributed by atoms with Crippen molar-refractivity contribution in [3.05, 3.63) is 59.2 Å². The van der Waals surface area contributed by atoms with Gasteiger partial charge in [0.05, 0.1) is 0 Å². The van der Waals surface area contributed by atoms with Crippen LogP contribution in [0.2, 0.25) is 0 Å². The van der Waals surface area contributed by atoms with Gasteiger partial charge >= 0.3 is 0 Å². The Kier molecular flexibility index (Phi) is 4.19. The highest BCUT2D eigenvalue weighted by Gasteiger charge is 2.21. The lowest BCUT2D eigenvalue weighted by molar-refractivity contribution is 0.102. The fraction of sp³-hybridized carbons (Fsp3) is 0.421. The lowest BCUT2D eigenvalue weighted by Crippen LogP contribution is -2.18. The van der Waals surface area contributed by atoms with Crippen LogP contribution in [0.15, 0.2) is 36.4 Å². The van der Waals surface area contributed by atoms with Crippen LogP contribution in [0.5, 0.6) is 0 Å². The molecule has 0 atom stereocenters. The number of pyridine rings is 2. The Labute approximate surface area is 132 Å². The van der Waals surface area contributed by atoms with Crippen molar-refractivity contribution >= 4 is 5.78 Å². The summed E-state index contributed by atoms with van der Waals surface area (Å²) in [6.45, 7) is 12.5. The van der Waals surface area contributed by atoms with E-state index in [1.807, 2.05) is 24.3 Å². The molecule has 0 saturated heterocycles. The first-order valence-electron chi connectivity index (χ1n) is 7.59. The van der Waals surface area contributed by atoms with E-state index in [-0.39, 0.29) is 16.6 Å². The fourth-order valence-corrected chi connectivity index (χ4v) is 2.09. The largest absolute Gasteiger partial charge is 0.285 e. The highest BCUT2D eigenvalue weighted by molar-refractivity contribution is 6.06. The first-order valence-corrected chi connectivity index (χ1v) is 7.59. The van der Waals surface area contributed by atoms with E-state index >= 15 is 0 Å². The molecule has 2 rings (SSSR count). The van der Waals surface area contributed by atoms with Crippen molar-refractivity contribution in [1.82, 2.24) is 9.97 Å². The van der Waals surface area contributed by atoms with Gasteiger partial charge in [0.25, 0.3) is 0 Å². The maximum absolute atomic E-state index is 12.7. The van der Waals surface area contributed by atoms with Crippen LogP contribution in [0.1, 0.15) is 69.1 Å². The number of carbonyl (C=O) groups is 1. The summed E-state index contributed by atoms with van der Waals surface area (Å²) in [5, 5.41) is 0. The van der Waals surface area contributed by atoms with E-state index in [9.17, 15) is 4.79 Å². The number of nitrogens with zero attached hydrogens (tertiary/aromatic N) is 2. The predicted molar refractivity (Wildman–Crippen MR) is 89.3 cm³/mol. The molecule has 0 aliphatic heterocycles. The lowest BCUT2D eigenvalue weighted by Gasteiger charge is -2.19. The number of carbonyl (C=O) groups excluding carboxylic acids is 1. The monoisotopic (exact) mass is 296 g/mol. The van der Waals surface area contributed by atoms with E-state index in [0.717, 1.165) is 11.4 Å². The van der Waals surface area contributed by atoms with Crippen LogP contribution >= 0.6 is 0 Å². The summed E-state index contributed by atoms with van der Waals surface area (Å²) in [5.41, 5.74) is 2.54. The summed E-state index contributed by atoms with van der Waals surface area (Å²) in [5.74, 6) is -0.128. The van der Waals surface area contributed by atoms with Crippen molar-refractivity contribution < 1.29 is 4.79 Å². The molecule has 2 aromatic heterocycles. The van der Waals surface area contributed by atoms with Gasteiger partial charge in [0, 0.05) is 22.2 Å². The molecule has 116 valence electrons. The van der Waals surface area contributed by atoms with Crippen molar-refractivity contribution in [2.45, 2.75) is 52.4 Å². The third kappa shape index (κ3) is 3.59. The van der Waals surface area contributed by atoms with Gasteiger partial charge in [-0.3, -0.25) is 4.79 Å². The number of aromatic nitrogens is 2. The lowest BCUT2D eigenvalue weighted by atomic mass is 9.91. The smallest absolute Gasteiger partial charge is 0.229 e. The summed E-state index contributed by atoms with van der Waals surface area (Å²) in [6.07, 6.45) is 0. The zero-order valence-electron chi connectivity index (χ0n) is 14.3. The Hall–Kier alpha value is -2.03. The Morgan fingerprint density at radius 1 is 0.727 bits per heavy atom. The van der Waals surface area contributed by atoms with Gasteiger partial charge in [-0.2, -0.15) is 0 Å². The van der Waals surface area contributed by atoms with Crippen LogP contribution in [-0.2, 0) is 10.8 Å². The topological polar surface area (TPSA) is 42.9 Å². The van der Waals surface area contributed by atoms with E-state index in [1.54, 1.807) is 12.1 Å². The second-order valence-corrected chi connectivity index (χ2v) is 7.65. The first-order chi connectivity index (χ1) is 10.1. The minimum absolute atomic E-state index is 0.0863. The van der Waals surface area contributed by atoms with Crippen molar-refractivity contribution in [3.63, 3.8) is 0 Å². The first kappa shape index (κ1) is 16.3. The van der Waals surface area contributed by atoms with Gasteiger partial charge in [-0.25, -0.2) is 9.97 Å². The van der Waals surface area contributed by atoms with Crippen LogP contribution < -0.4 is 0 Å². The zero-order chi connectivity index (χ0) is 16.5. The van der Waals surface area contributed by atoms with Crippen LogP contribution in [0.3, 0.4) is 0 Å². The van der Waals surface area contributed by atoms with E-state index < -0.39 is 0 Å². The Morgan fingerprint density at radius 2 is 1.09 bits per heavy atom. The molecule has 3 heteroatoms. The van der Waals surface area contributed by atoms with Crippen molar-refractivity contribution in [2.24, 2.45) is 0 Å². The van der Waals surface area contributed by atoms with Gasteiger partial charge in [-0.05, 0) is 24.3 Å².